The van der Waals surface area contributed by atoms with Crippen molar-refractivity contribution in [2.45, 2.75) is 59.1 Å². The summed E-state index contributed by atoms with van der Waals surface area (Å²) in [4.78, 5) is 12.2. The highest BCUT2D eigenvalue weighted by Crippen LogP contribution is 2.29. The second-order valence-corrected chi connectivity index (χ2v) is 8.97. The van der Waals surface area contributed by atoms with Crippen molar-refractivity contribution in [3.8, 4) is 5.75 Å². The second kappa shape index (κ2) is 8.43. The molecule has 0 aliphatic carbocycles. The number of hydrogen-bond donors (Lipinski definition) is 1. The SMILES string of the molecule is CC(C)C[C@@](C)(COc1ccc(Br)cc1Cl)NC(=O)OC(C)(C)C. The fourth-order valence-corrected chi connectivity index (χ4v) is 3.15. The first-order chi connectivity index (χ1) is 10.9. The predicted molar refractivity (Wildman–Crippen MR) is 102 cm³/mol. The second-order valence-electron chi connectivity index (χ2n) is 7.65. The van der Waals surface area contributed by atoms with Crippen molar-refractivity contribution in [3.63, 3.8) is 0 Å². The molecule has 1 N–H and O–H groups in total. The third-order valence-electron chi connectivity index (χ3n) is 3.10. The van der Waals surface area contributed by atoms with Crippen LogP contribution in [-0.2, 0) is 4.74 Å². The van der Waals surface area contributed by atoms with Crippen LogP contribution in [0.25, 0.3) is 0 Å². The van der Waals surface area contributed by atoms with E-state index < -0.39 is 17.2 Å². The van der Waals surface area contributed by atoms with Gasteiger partial charge in [-0.3, -0.25) is 0 Å². The van der Waals surface area contributed by atoms with Gasteiger partial charge >= 0.3 is 6.09 Å². The lowest BCUT2D eigenvalue weighted by atomic mass is 9.91. The van der Waals surface area contributed by atoms with Gasteiger partial charge in [-0.2, -0.15) is 0 Å². The van der Waals surface area contributed by atoms with Gasteiger partial charge in [0.15, 0.2) is 0 Å². The van der Waals surface area contributed by atoms with Crippen LogP contribution >= 0.6 is 27.5 Å². The summed E-state index contributed by atoms with van der Waals surface area (Å²) in [7, 11) is 0. The molecule has 1 amide bonds. The van der Waals surface area contributed by atoms with Crippen LogP contribution in [0.2, 0.25) is 5.02 Å². The standard InChI is InChI=1S/C18H27BrClNO3/c1-12(2)10-18(6,21-16(22)24-17(3,4)5)11-23-15-8-7-13(19)9-14(15)20/h7-9,12H,10-11H2,1-6H3,(H,21,22)/t18-/m0/s1. The van der Waals surface area contributed by atoms with E-state index in [1.54, 1.807) is 12.1 Å². The average Bonchev–Trinajstić information content (AvgIpc) is 2.33. The van der Waals surface area contributed by atoms with Crippen molar-refractivity contribution in [2.24, 2.45) is 5.92 Å². The van der Waals surface area contributed by atoms with Gasteiger partial charge in [-0.25, -0.2) is 4.79 Å². The molecule has 0 aliphatic heterocycles. The molecule has 24 heavy (non-hydrogen) atoms. The molecule has 0 bridgehead atoms. The molecule has 0 heterocycles. The lowest BCUT2D eigenvalue weighted by molar-refractivity contribution is 0.0408. The smallest absolute Gasteiger partial charge is 0.408 e. The van der Waals surface area contributed by atoms with E-state index in [1.807, 2.05) is 33.8 Å². The highest BCUT2D eigenvalue weighted by atomic mass is 79.9. The van der Waals surface area contributed by atoms with E-state index in [0.717, 1.165) is 10.9 Å². The van der Waals surface area contributed by atoms with Crippen LogP contribution in [0.5, 0.6) is 5.75 Å². The molecule has 0 saturated carbocycles. The Morgan fingerprint density at radius 3 is 2.42 bits per heavy atom. The summed E-state index contributed by atoms with van der Waals surface area (Å²) in [6.45, 7) is 12.0. The number of ether oxygens (including phenoxy) is 2. The van der Waals surface area contributed by atoms with Crippen molar-refractivity contribution in [1.82, 2.24) is 5.32 Å². The average molecular weight is 421 g/mol. The van der Waals surface area contributed by atoms with Crippen molar-refractivity contribution in [2.75, 3.05) is 6.61 Å². The normalized spacial score (nSPS) is 14.2. The van der Waals surface area contributed by atoms with Gasteiger partial charge in [0.05, 0.1) is 10.6 Å². The summed E-state index contributed by atoms with van der Waals surface area (Å²) in [6.07, 6.45) is 0.302. The van der Waals surface area contributed by atoms with Gasteiger partial charge in [0.2, 0.25) is 0 Å². The summed E-state index contributed by atoms with van der Waals surface area (Å²) < 4.78 is 12.1. The Morgan fingerprint density at radius 1 is 1.29 bits per heavy atom. The molecule has 0 radical (unpaired) electrons. The third-order valence-corrected chi connectivity index (χ3v) is 3.89. The fraction of sp³-hybridized carbons (Fsp3) is 0.611. The molecule has 136 valence electrons. The van der Waals surface area contributed by atoms with Gasteiger partial charge in [0.1, 0.15) is 18.0 Å². The zero-order valence-electron chi connectivity index (χ0n) is 15.2. The van der Waals surface area contributed by atoms with Crippen LogP contribution in [-0.4, -0.2) is 23.8 Å². The Bertz CT molecular complexity index is 572. The summed E-state index contributed by atoms with van der Waals surface area (Å²) >= 11 is 9.56. The Hall–Kier alpha value is -0.940. The van der Waals surface area contributed by atoms with Crippen LogP contribution in [0, 0.1) is 5.92 Å². The van der Waals surface area contributed by atoms with Gasteiger partial charge < -0.3 is 14.8 Å². The molecule has 4 nitrogen and oxygen atoms in total. The zero-order valence-corrected chi connectivity index (χ0v) is 17.5. The molecule has 0 fully saturated rings. The molecular formula is C18H27BrClNO3. The molecule has 0 aliphatic rings. The molecule has 1 aromatic rings. The number of halogens is 2. The monoisotopic (exact) mass is 419 g/mol. The largest absolute Gasteiger partial charge is 0.490 e. The maximum Gasteiger partial charge on any atom is 0.408 e. The maximum atomic E-state index is 12.2. The van der Waals surface area contributed by atoms with Crippen LogP contribution in [0.4, 0.5) is 4.79 Å². The van der Waals surface area contributed by atoms with E-state index in [4.69, 9.17) is 21.1 Å². The molecule has 6 heteroatoms. The highest BCUT2D eigenvalue weighted by molar-refractivity contribution is 9.10. The molecular weight excluding hydrogens is 394 g/mol. The van der Waals surface area contributed by atoms with E-state index in [0.29, 0.717) is 23.3 Å². The number of hydrogen-bond acceptors (Lipinski definition) is 3. The lowest BCUT2D eigenvalue weighted by Gasteiger charge is -2.33. The summed E-state index contributed by atoms with van der Waals surface area (Å²) in [5.74, 6) is 0.967. The first-order valence-corrected chi connectivity index (χ1v) is 9.16. The molecule has 0 spiro atoms. The minimum atomic E-state index is -0.563. The molecule has 1 rings (SSSR count). The maximum absolute atomic E-state index is 12.2. The van der Waals surface area contributed by atoms with Gasteiger partial charge in [-0.1, -0.05) is 41.4 Å². The molecule has 0 aromatic heterocycles. The third kappa shape index (κ3) is 7.75. The Balaban J connectivity index is 2.81. The van der Waals surface area contributed by atoms with Gasteiger partial charge in [-0.15, -0.1) is 0 Å². The van der Waals surface area contributed by atoms with Crippen LogP contribution in [0.1, 0.15) is 48.0 Å². The molecule has 0 saturated heterocycles. The van der Waals surface area contributed by atoms with Crippen LogP contribution < -0.4 is 10.1 Å². The van der Waals surface area contributed by atoms with Crippen molar-refractivity contribution < 1.29 is 14.3 Å². The zero-order chi connectivity index (χ0) is 18.5. The van der Waals surface area contributed by atoms with E-state index in [-0.39, 0.29) is 0 Å². The molecule has 1 atom stereocenters. The molecule has 1 aromatic carbocycles. The first-order valence-electron chi connectivity index (χ1n) is 7.99. The van der Waals surface area contributed by atoms with E-state index in [2.05, 4.69) is 35.1 Å². The predicted octanol–water partition coefficient (Wildman–Crippen LogP) is 5.81. The van der Waals surface area contributed by atoms with E-state index >= 15 is 0 Å². The Labute approximate surface area is 158 Å². The van der Waals surface area contributed by atoms with Crippen LogP contribution in [0.3, 0.4) is 0 Å². The highest BCUT2D eigenvalue weighted by Gasteiger charge is 2.31. The number of carbonyl (C=O) groups excluding carboxylic acids is 1. The number of benzene rings is 1. The van der Waals surface area contributed by atoms with Gasteiger partial charge in [0, 0.05) is 4.47 Å². The fourth-order valence-electron chi connectivity index (χ4n) is 2.43. The first kappa shape index (κ1) is 21.1. The summed E-state index contributed by atoms with van der Waals surface area (Å²) in [6, 6.07) is 5.44. The Morgan fingerprint density at radius 2 is 1.92 bits per heavy atom. The topological polar surface area (TPSA) is 47.6 Å². The van der Waals surface area contributed by atoms with E-state index in [1.165, 1.54) is 0 Å². The minimum Gasteiger partial charge on any atom is -0.490 e. The van der Waals surface area contributed by atoms with Gasteiger partial charge in [0.25, 0.3) is 0 Å². The van der Waals surface area contributed by atoms with Crippen molar-refractivity contribution in [1.29, 1.82) is 0 Å². The summed E-state index contributed by atoms with van der Waals surface area (Å²) in [5, 5.41) is 3.47. The number of rotatable bonds is 6. The number of alkyl carbamates (subject to hydrolysis) is 1. The lowest BCUT2D eigenvalue weighted by Crippen LogP contribution is -2.52. The minimum absolute atomic E-state index is 0.297. The van der Waals surface area contributed by atoms with E-state index in [9.17, 15) is 4.79 Å². The van der Waals surface area contributed by atoms with Crippen molar-refractivity contribution in [3.05, 3.63) is 27.7 Å². The quantitative estimate of drug-likeness (QED) is 0.631. The Kier molecular flexibility index (Phi) is 7.42. The number of nitrogens with one attached hydrogen (secondary N) is 1. The van der Waals surface area contributed by atoms with Crippen molar-refractivity contribution >= 4 is 33.6 Å². The summed E-state index contributed by atoms with van der Waals surface area (Å²) in [5.41, 5.74) is -1.11. The number of carbonyl (C=O) groups is 1. The molecule has 0 unspecified atom stereocenters. The van der Waals surface area contributed by atoms with Crippen LogP contribution in [0.15, 0.2) is 22.7 Å². The number of amides is 1. The van der Waals surface area contributed by atoms with Gasteiger partial charge in [-0.05, 0) is 58.2 Å².